The first-order chi connectivity index (χ1) is 14.1. The second kappa shape index (κ2) is 7.47. The highest BCUT2D eigenvalue weighted by Crippen LogP contribution is 2.40. The van der Waals surface area contributed by atoms with E-state index in [1.165, 1.54) is 12.0 Å². The Hall–Kier alpha value is -3.54. The molecule has 1 N–H and O–H groups in total. The molecule has 3 aromatic rings. The van der Waals surface area contributed by atoms with Crippen molar-refractivity contribution in [2.24, 2.45) is 0 Å². The van der Waals surface area contributed by atoms with E-state index in [2.05, 4.69) is 0 Å². The topological polar surface area (TPSA) is 80.0 Å². The molecule has 0 spiro atoms. The number of furan rings is 1. The highest BCUT2D eigenvalue weighted by atomic mass is 16.5. The van der Waals surface area contributed by atoms with E-state index in [1.807, 2.05) is 43.3 Å². The molecule has 1 aliphatic rings. The van der Waals surface area contributed by atoms with Gasteiger partial charge in [-0.1, -0.05) is 49.4 Å². The molecule has 0 saturated carbocycles. The molecule has 0 saturated heterocycles. The average molecular weight is 391 g/mol. The van der Waals surface area contributed by atoms with Crippen molar-refractivity contribution < 1.29 is 23.8 Å². The number of rotatable bonds is 6. The molecule has 29 heavy (non-hydrogen) atoms. The van der Waals surface area contributed by atoms with Gasteiger partial charge in [-0.15, -0.1) is 0 Å². The Labute approximate surface area is 168 Å². The predicted octanol–water partition coefficient (Wildman–Crippen LogP) is 4.43. The third-order valence-corrected chi connectivity index (χ3v) is 5.08. The Kier molecular flexibility index (Phi) is 4.84. The Balaban J connectivity index is 1.82. The molecule has 1 aliphatic heterocycles. The number of amides is 1. The molecular weight excluding hydrogens is 370 g/mol. The maximum Gasteiger partial charge on any atom is 0.290 e. The van der Waals surface area contributed by atoms with E-state index in [-0.39, 0.29) is 11.3 Å². The van der Waals surface area contributed by atoms with Crippen LogP contribution in [0.5, 0.6) is 5.75 Å². The number of aliphatic hydroxyl groups excluding tert-OH is 1. The summed E-state index contributed by atoms with van der Waals surface area (Å²) in [7, 11) is 1.52. The van der Waals surface area contributed by atoms with Crippen molar-refractivity contribution in [3.8, 4) is 5.75 Å². The second-order valence-electron chi connectivity index (χ2n) is 6.89. The number of aliphatic hydroxyl groups is 1. The minimum Gasteiger partial charge on any atom is -0.503 e. The molecule has 0 aliphatic carbocycles. The van der Waals surface area contributed by atoms with E-state index < -0.39 is 23.5 Å². The Morgan fingerprint density at radius 3 is 2.62 bits per heavy atom. The summed E-state index contributed by atoms with van der Waals surface area (Å²) in [5, 5.41) is 11.3. The smallest absolute Gasteiger partial charge is 0.290 e. The van der Waals surface area contributed by atoms with Gasteiger partial charge in [0.15, 0.2) is 22.9 Å². The average Bonchev–Trinajstić information content (AvgIpc) is 3.29. The number of Topliss-reactive ketones (excluding diaryl/α,β-unsaturated/α-hetero) is 1. The van der Waals surface area contributed by atoms with Crippen LogP contribution in [0.15, 0.2) is 70.3 Å². The maximum absolute atomic E-state index is 13.4. The van der Waals surface area contributed by atoms with Crippen LogP contribution in [0.1, 0.15) is 35.5 Å². The number of benzene rings is 2. The highest BCUT2D eigenvalue weighted by molar-refractivity contribution is 6.16. The number of nitrogens with zero attached hydrogens (tertiary/aromatic N) is 1. The lowest BCUT2D eigenvalue weighted by molar-refractivity contribution is -0.129. The van der Waals surface area contributed by atoms with E-state index in [9.17, 15) is 14.7 Å². The standard InChI is InChI=1S/C23H21NO5/c1-3-12-24-19(14-8-5-4-6-9-14)18(21(26)23(24)27)20(25)17-13-15-10-7-11-16(28-2)22(15)29-17/h4-11,13,19,26H,3,12H2,1-2H3. The van der Waals surface area contributed by atoms with Crippen molar-refractivity contribution in [1.82, 2.24) is 4.90 Å². The first-order valence-corrected chi connectivity index (χ1v) is 9.47. The van der Waals surface area contributed by atoms with E-state index in [1.54, 1.807) is 18.2 Å². The van der Waals surface area contributed by atoms with Crippen molar-refractivity contribution in [2.75, 3.05) is 13.7 Å². The summed E-state index contributed by atoms with van der Waals surface area (Å²) in [6, 6.07) is 15.5. The quantitative estimate of drug-likeness (QED) is 0.629. The Morgan fingerprint density at radius 2 is 1.93 bits per heavy atom. The van der Waals surface area contributed by atoms with Crippen LogP contribution in [0.2, 0.25) is 0 Å². The summed E-state index contributed by atoms with van der Waals surface area (Å²) < 4.78 is 11.1. The molecule has 1 amide bonds. The second-order valence-corrected chi connectivity index (χ2v) is 6.89. The zero-order valence-corrected chi connectivity index (χ0v) is 16.2. The lowest BCUT2D eigenvalue weighted by Crippen LogP contribution is -2.31. The zero-order chi connectivity index (χ0) is 20.5. The number of carbonyl (C=O) groups excluding carboxylic acids is 2. The van der Waals surface area contributed by atoms with Crippen molar-refractivity contribution in [2.45, 2.75) is 19.4 Å². The normalized spacial score (nSPS) is 16.7. The van der Waals surface area contributed by atoms with Crippen LogP contribution in [0.25, 0.3) is 11.0 Å². The molecule has 0 bridgehead atoms. The number of methoxy groups -OCH3 is 1. The van der Waals surface area contributed by atoms with Gasteiger partial charge >= 0.3 is 0 Å². The van der Waals surface area contributed by atoms with Crippen LogP contribution in [-0.4, -0.2) is 35.4 Å². The zero-order valence-electron chi connectivity index (χ0n) is 16.2. The van der Waals surface area contributed by atoms with Gasteiger partial charge in [0.05, 0.1) is 18.7 Å². The summed E-state index contributed by atoms with van der Waals surface area (Å²) in [6.07, 6.45) is 0.700. The minimum atomic E-state index is -0.661. The van der Waals surface area contributed by atoms with Gasteiger partial charge < -0.3 is 19.2 Å². The van der Waals surface area contributed by atoms with E-state index in [0.29, 0.717) is 29.7 Å². The SMILES string of the molecule is CCCN1C(=O)C(O)=C(C(=O)c2cc3cccc(OC)c3o2)C1c1ccccc1. The largest absolute Gasteiger partial charge is 0.503 e. The number of hydrogen-bond donors (Lipinski definition) is 1. The molecule has 0 fully saturated rings. The Morgan fingerprint density at radius 1 is 1.17 bits per heavy atom. The van der Waals surface area contributed by atoms with Crippen LogP contribution in [-0.2, 0) is 4.79 Å². The van der Waals surface area contributed by atoms with Gasteiger partial charge in [0.1, 0.15) is 0 Å². The van der Waals surface area contributed by atoms with Gasteiger partial charge in [-0.2, -0.15) is 0 Å². The molecule has 6 heteroatoms. The number of hydrogen-bond acceptors (Lipinski definition) is 5. The minimum absolute atomic E-state index is 0.0349. The van der Waals surface area contributed by atoms with Gasteiger partial charge in [0.25, 0.3) is 5.91 Å². The van der Waals surface area contributed by atoms with Crippen LogP contribution in [0.4, 0.5) is 0 Å². The number of ether oxygens (including phenoxy) is 1. The number of para-hydroxylation sites is 1. The summed E-state index contributed by atoms with van der Waals surface area (Å²) in [5.74, 6) is -1.02. The van der Waals surface area contributed by atoms with Crippen LogP contribution in [0.3, 0.4) is 0 Å². The monoisotopic (exact) mass is 391 g/mol. The van der Waals surface area contributed by atoms with Crippen molar-refractivity contribution in [1.29, 1.82) is 0 Å². The van der Waals surface area contributed by atoms with Gasteiger partial charge in [-0.05, 0) is 24.1 Å². The molecule has 1 aromatic heterocycles. The fourth-order valence-corrected chi connectivity index (χ4v) is 3.78. The van der Waals surface area contributed by atoms with Crippen molar-refractivity contribution in [3.05, 3.63) is 77.3 Å². The van der Waals surface area contributed by atoms with Crippen LogP contribution < -0.4 is 4.74 Å². The summed E-state index contributed by atoms with van der Waals surface area (Å²) >= 11 is 0. The molecule has 1 unspecified atom stereocenters. The van der Waals surface area contributed by atoms with Gasteiger partial charge in [0.2, 0.25) is 5.78 Å². The van der Waals surface area contributed by atoms with Gasteiger partial charge in [0, 0.05) is 11.9 Å². The third kappa shape index (κ3) is 3.06. The van der Waals surface area contributed by atoms with E-state index in [0.717, 1.165) is 5.56 Å². The summed E-state index contributed by atoms with van der Waals surface area (Å²) in [6.45, 7) is 2.37. The lowest BCUT2D eigenvalue weighted by atomic mass is 9.95. The van der Waals surface area contributed by atoms with E-state index >= 15 is 0 Å². The Bertz CT molecular complexity index is 1110. The molecule has 4 rings (SSSR count). The molecule has 2 aromatic carbocycles. The molecule has 2 heterocycles. The number of carbonyl (C=O) groups is 2. The highest BCUT2D eigenvalue weighted by Gasteiger charge is 2.44. The van der Waals surface area contributed by atoms with Gasteiger partial charge in [-0.3, -0.25) is 9.59 Å². The third-order valence-electron chi connectivity index (χ3n) is 5.08. The molecule has 1 atom stereocenters. The lowest BCUT2D eigenvalue weighted by Gasteiger charge is -2.26. The first-order valence-electron chi connectivity index (χ1n) is 9.47. The number of ketones is 1. The van der Waals surface area contributed by atoms with Crippen molar-refractivity contribution >= 4 is 22.7 Å². The molecule has 0 radical (unpaired) electrons. The van der Waals surface area contributed by atoms with Crippen LogP contribution in [0, 0.1) is 0 Å². The van der Waals surface area contributed by atoms with Crippen molar-refractivity contribution in [3.63, 3.8) is 0 Å². The van der Waals surface area contributed by atoms with Crippen LogP contribution >= 0.6 is 0 Å². The fraction of sp³-hybridized carbons (Fsp3) is 0.217. The predicted molar refractivity (Wildman–Crippen MR) is 108 cm³/mol. The maximum atomic E-state index is 13.4. The molecule has 6 nitrogen and oxygen atoms in total. The van der Waals surface area contributed by atoms with Gasteiger partial charge in [-0.25, -0.2) is 0 Å². The van der Waals surface area contributed by atoms with E-state index in [4.69, 9.17) is 9.15 Å². The molecule has 148 valence electrons. The number of fused-ring (bicyclic) bond motifs is 1. The summed E-state index contributed by atoms with van der Waals surface area (Å²) in [5.41, 5.74) is 1.24. The molecular formula is C23H21NO5. The summed E-state index contributed by atoms with van der Waals surface area (Å²) in [4.78, 5) is 27.6. The first kappa shape index (κ1) is 18.8. The fourth-order valence-electron chi connectivity index (χ4n) is 3.78.